The topological polar surface area (TPSA) is 52.8 Å². The summed E-state index contributed by atoms with van der Waals surface area (Å²) in [5.74, 6) is 0.990. The van der Waals surface area contributed by atoms with Crippen molar-refractivity contribution in [2.75, 3.05) is 45.2 Å². The Balaban J connectivity index is 1.94. The van der Waals surface area contributed by atoms with E-state index in [0.717, 1.165) is 42.3 Å². The molecule has 152 valence electrons. The smallest absolute Gasteiger partial charge is 0.232 e. The number of piperidine rings is 1. The third-order valence-corrected chi connectivity index (χ3v) is 5.28. The Kier molecular flexibility index (Phi) is 7.09. The van der Waals surface area contributed by atoms with E-state index < -0.39 is 0 Å². The third kappa shape index (κ3) is 4.93. The van der Waals surface area contributed by atoms with Crippen molar-refractivity contribution in [2.24, 2.45) is 0 Å². The van der Waals surface area contributed by atoms with Crippen LogP contribution in [0.1, 0.15) is 38.2 Å². The maximum Gasteiger partial charge on any atom is 0.232 e. The van der Waals surface area contributed by atoms with E-state index in [2.05, 4.69) is 15.0 Å². The van der Waals surface area contributed by atoms with Crippen LogP contribution < -0.4 is 4.90 Å². The second kappa shape index (κ2) is 9.73. The highest BCUT2D eigenvalue weighted by atomic mass is 16.5. The number of carbonyl (C=O) groups is 1. The summed E-state index contributed by atoms with van der Waals surface area (Å²) in [6, 6.07) is 10.1. The molecule has 2 heterocycles. The first-order valence-electron chi connectivity index (χ1n) is 10.3. The lowest BCUT2D eigenvalue weighted by molar-refractivity contribution is -0.131. The van der Waals surface area contributed by atoms with Gasteiger partial charge in [-0.25, -0.2) is 0 Å². The van der Waals surface area contributed by atoms with E-state index in [9.17, 15) is 4.79 Å². The fraction of sp³-hybridized carbons (Fsp3) is 0.545. The van der Waals surface area contributed by atoms with E-state index >= 15 is 0 Å². The van der Waals surface area contributed by atoms with Crippen molar-refractivity contribution < 1.29 is 9.32 Å². The van der Waals surface area contributed by atoms with Gasteiger partial charge in [0, 0.05) is 38.2 Å². The van der Waals surface area contributed by atoms with Gasteiger partial charge in [0.2, 0.25) is 11.8 Å². The largest absolute Gasteiger partial charge is 0.340 e. The molecule has 1 aromatic carbocycles. The van der Waals surface area contributed by atoms with Crippen molar-refractivity contribution in [3.05, 3.63) is 35.9 Å². The van der Waals surface area contributed by atoms with Crippen molar-refractivity contribution in [3.63, 3.8) is 0 Å². The Morgan fingerprint density at radius 1 is 1.11 bits per heavy atom. The van der Waals surface area contributed by atoms with Crippen LogP contribution in [0.5, 0.6) is 0 Å². The number of carbonyl (C=O) groups excluding carboxylic acids is 1. The monoisotopic (exact) mass is 384 g/mol. The molecule has 0 radical (unpaired) electrons. The first kappa shape index (κ1) is 20.4. The van der Waals surface area contributed by atoms with Crippen LogP contribution in [-0.4, -0.2) is 61.1 Å². The van der Waals surface area contributed by atoms with Gasteiger partial charge in [-0.3, -0.25) is 4.79 Å². The maximum absolute atomic E-state index is 12.6. The van der Waals surface area contributed by atoms with Crippen LogP contribution in [0.15, 0.2) is 34.9 Å². The first-order valence-corrected chi connectivity index (χ1v) is 10.3. The molecule has 0 saturated carbocycles. The lowest BCUT2D eigenvalue weighted by atomic mass is 10.1. The number of hydrogen-bond acceptors (Lipinski definition) is 5. The fourth-order valence-electron chi connectivity index (χ4n) is 3.64. The van der Waals surface area contributed by atoms with Crippen LogP contribution in [0.4, 0.5) is 5.88 Å². The summed E-state index contributed by atoms with van der Waals surface area (Å²) in [7, 11) is 4.06. The van der Waals surface area contributed by atoms with E-state index in [0.29, 0.717) is 19.5 Å². The Bertz CT molecular complexity index is 751. The molecule has 0 bridgehead atoms. The summed E-state index contributed by atoms with van der Waals surface area (Å²) in [5.41, 5.74) is 2.90. The van der Waals surface area contributed by atoms with Crippen LogP contribution in [-0.2, 0) is 11.3 Å². The van der Waals surface area contributed by atoms with Gasteiger partial charge in [-0.15, -0.1) is 0 Å². The predicted octanol–water partition coefficient (Wildman–Crippen LogP) is 3.63. The summed E-state index contributed by atoms with van der Waals surface area (Å²) in [6.45, 7) is 5.93. The summed E-state index contributed by atoms with van der Waals surface area (Å²) < 4.78 is 5.86. The highest BCUT2D eigenvalue weighted by molar-refractivity contribution is 5.77. The average molecular weight is 385 g/mol. The third-order valence-electron chi connectivity index (χ3n) is 5.28. The average Bonchev–Trinajstić information content (AvgIpc) is 3.15. The van der Waals surface area contributed by atoms with Gasteiger partial charge >= 0.3 is 0 Å². The quantitative estimate of drug-likeness (QED) is 0.696. The Morgan fingerprint density at radius 2 is 1.82 bits per heavy atom. The van der Waals surface area contributed by atoms with Crippen LogP contribution in [0.2, 0.25) is 0 Å². The Labute approximate surface area is 168 Å². The van der Waals surface area contributed by atoms with E-state index in [4.69, 9.17) is 4.52 Å². The van der Waals surface area contributed by atoms with Crippen LogP contribution in [0, 0.1) is 0 Å². The first-order chi connectivity index (χ1) is 13.6. The fourth-order valence-corrected chi connectivity index (χ4v) is 3.64. The van der Waals surface area contributed by atoms with Crippen LogP contribution in [0.3, 0.4) is 0 Å². The van der Waals surface area contributed by atoms with Crippen molar-refractivity contribution in [2.45, 2.75) is 39.2 Å². The van der Waals surface area contributed by atoms with Gasteiger partial charge in [0.15, 0.2) is 0 Å². The molecule has 1 amide bonds. The number of hydrogen-bond donors (Lipinski definition) is 0. The van der Waals surface area contributed by atoms with E-state index in [1.165, 1.54) is 19.3 Å². The molecule has 1 aliphatic rings. The minimum Gasteiger partial charge on any atom is -0.340 e. The lowest BCUT2D eigenvalue weighted by Gasteiger charge is -2.29. The number of nitrogens with zero attached hydrogens (tertiary/aromatic N) is 4. The van der Waals surface area contributed by atoms with Gasteiger partial charge in [-0.1, -0.05) is 42.4 Å². The molecule has 6 heteroatoms. The Morgan fingerprint density at radius 3 is 2.46 bits per heavy atom. The molecule has 3 rings (SSSR count). The van der Waals surface area contributed by atoms with Crippen molar-refractivity contribution in [3.8, 4) is 11.3 Å². The molecule has 6 nitrogen and oxygen atoms in total. The molecule has 1 aromatic heterocycles. The zero-order valence-electron chi connectivity index (χ0n) is 17.4. The van der Waals surface area contributed by atoms with E-state index in [-0.39, 0.29) is 5.91 Å². The number of benzene rings is 1. The highest BCUT2D eigenvalue weighted by Gasteiger charge is 2.26. The van der Waals surface area contributed by atoms with Crippen LogP contribution >= 0.6 is 0 Å². The van der Waals surface area contributed by atoms with Gasteiger partial charge < -0.3 is 19.2 Å². The van der Waals surface area contributed by atoms with E-state index in [1.807, 2.05) is 56.3 Å². The summed E-state index contributed by atoms with van der Waals surface area (Å²) in [6.07, 6.45) is 4.09. The van der Waals surface area contributed by atoms with Gasteiger partial charge in [0.05, 0.1) is 12.1 Å². The molecular weight excluding hydrogens is 352 g/mol. The Hall–Kier alpha value is -2.34. The van der Waals surface area contributed by atoms with Crippen molar-refractivity contribution >= 4 is 11.8 Å². The summed E-state index contributed by atoms with van der Waals surface area (Å²) in [4.78, 5) is 19.0. The summed E-state index contributed by atoms with van der Waals surface area (Å²) >= 11 is 0. The second-order valence-corrected chi connectivity index (χ2v) is 7.70. The molecule has 0 atom stereocenters. The van der Waals surface area contributed by atoms with Gasteiger partial charge in [-0.2, -0.15) is 0 Å². The standard InChI is InChI=1S/C22H32N4O2/c1-4-20(27)26(16-15-24(2)3)17-19-21(18-11-7-5-8-12-18)23-28-22(19)25-13-9-6-10-14-25/h5,7-8,11-12H,4,6,9-10,13-17H2,1-3H3. The van der Waals surface area contributed by atoms with Crippen molar-refractivity contribution in [1.82, 2.24) is 15.0 Å². The molecule has 0 aliphatic carbocycles. The minimum atomic E-state index is 0.159. The number of likely N-dealkylation sites (N-methyl/N-ethyl adjacent to an activating group) is 1. The summed E-state index contributed by atoms with van der Waals surface area (Å²) in [5, 5.41) is 4.43. The van der Waals surface area contributed by atoms with E-state index in [1.54, 1.807) is 0 Å². The molecular formula is C22H32N4O2. The molecule has 1 fully saturated rings. The molecule has 1 saturated heterocycles. The number of rotatable bonds is 8. The molecule has 0 N–H and O–H groups in total. The van der Waals surface area contributed by atoms with Gasteiger partial charge in [0.25, 0.3) is 0 Å². The lowest BCUT2D eigenvalue weighted by Crippen LogP contribution is -2.36. The maximum atomic E-state index is 12.6. The van der Waals surface area contributed by atoms with Gasteiger partial charge in [0.1, 0.15) is 5.69 Å². The SMILES string of the molecule is CCC(=O)N(CCN(C)C)Cc1c(-c2ccccc2)noc1N1CCCCC1. The normalized spacial score (nSPS) is 14.5. The molecule has 0 spiro atoms. The predicted molar refractivity (Wildman–Crippen MR) is 112 cm³/mol. The molecule has 0 unspecified atom stereocenters. The second-order valence-electron chi connectivity index (χ2n) is 7.70. The van der Waals surface area contributed by atoms with Crippen LogP contribution in [0.25, 0.3) is 11.3 Å². The molecule has 2 aromatic rings. The number of aromatic nitrogens is 1. The van der Waals surface area contributed by atoms with Crippen molar-refractivity contribution in [1.29, 1.82) is 0 Å². The zero-order valence-corrected chi connectivity index (χ0v) is 17.4. The van der Waals surface area contributed by atoms with Gasteiger partial charge in [-0.05, 0) is 33.4 Å². The zero-order chi connectivity index (χ0) is 19.9. The number of amides is 1. The highest BCUT2D eigenvalue weighted by Crippen LogP contribution is 2.33. The molecule has 1 aliphatic heterocycles. The number of anilines is 1. The minimum absolute atomic E-state index is 0.159. The molecule has 28 heavy (non-hydrogen) atoms.